The van der Waals surface area contributed by atoms with Gasteiger partial charge in [0.1, 0.15) is 0 Å². The van der Waals surface area contributed by atoms with Crippen LogP contribution in [0, 0.1) is 12.8 Å². The van der Waals surface area contributed by atoms with E-state index < -0.39 is 6.10 Å². The van der Waals surface area contributed by atoms with Gasteiger partial charge in [-0.2, -0.15) is 0 Å². The molecule has 2 unspecified atom stereocenters. The molecule has 20 heavy (non-hydrogen) atoms. The van der Waals surface area contributed by atoms with Crippen molar-refractivity contribution in [3.63, 3.8) is 0 Å². The Morgan fingerprint density at radius 1 is 1.35 bits per heavy atom. The summed E-state index contributed by atoms with van der Waals surface area (Å²) in [7, 11) is 0. The molecule has 0 radical (unpaired) electrons. The lowest BCUT2D eigenvalue weighted by molar-refractivity contribution is -0.113. The quantitative estimate of drug-likeness (QED) is 0.875. The van der Waals surface area contributed by atoms with Gasteiger partial charge >= 0.3 is 0 Å². The molecule has 1 aliphatic carbocycles. The number of aryl methyl sites for hydroxylation is 1. The Morgan fingerprint density at radius 2 is 2.10 bits per heavy atom. The minimum absolute atomic E-state index is 0.0520. The molecule has 1 aliphatic heterocycles. The zero-order chi connectivity index (χ0) is 14.2. The molecule has 1 aromatic rings. The summed E-state index contributed by atoms with van der Waals surface area (Å²) in [6.45, 7) is 2.82. The van der Waals surface area contributed by atoms with Crippen LogP contribution in [0.4, 0.5) is 0 Å². The van der Waals surface area contributed by atoms with Crippen LogP contribution in [0.1, 0.15) is 55.8 Å². The second-order valence-electron chi connectivity index (χ2n) is 6.44. The molecule has 2 fully saturated rings. The number of hydrogen-bond donors (Lipinski definition) is 1. The summed E-state index contributed by atoms with van der Waals surface area (Å²) in [5.74, 6) is 0.291. The van der Waals surface area contributed by atoms with Gasteiger partial charge in [0.25, 0.3) is 0 Å². The van der Waals surface area contributed by atoms with Crippen LogP contribution in [-0.2, 0) is 4.74 Å². The van der Waals surface area contributed by atoms with Gasteiger partial charge < -0.3 is 9.84 Å². The van der Waals surface area contributed by atoms with Crippen LogP contribution in [0.15, 0.2) is 18.2 Å². The molecule has 0 bridgehead atoms. The molecule has 1 saturated heterocycles. The molecule has 2 atom stereocenters. The third-order valence-corrected chi connectivity index (χ3v) is 5.29. The van der Waals surface area contributed by atoms with Crippen molar-refractivity contribution in [1.29, 1.82) is 0 Å². The van der Waals surface area contributed by atoms with Crippen molar-refractivity contribution in [3.8, 4) is 0 Å². The predicted octanol–water partition coefficient (Wildman–Crippen LogP) is 4.42. The number of hydrogen-bond acceptors (Lipinski definition) is 2. The Kier molecular flexibility index (Phi) is 4.07. The van der Waals surface area contributed by atoms with Crippen molar-refractivity contribution in [2.24, 2.45) is 5.92 Å². The first kappa shape index (κ1) is 14.4. The highest BCUT2D eigenvalue weighted by Gasteiger charge is 2.42. The molecule has 3 rings (SSSR count). The van der Waals surface area contributed by atoms with E-state index in [1.54, 1.807) is 0 Å². The van der Waals surface area contributed by atoms with E-state index in [2.05, 4.69) is 0 Å². The Hall–Kier alpha value is -0.570. The Bertz CT molecular complexity index is 480. The SMILES string of the molecule is Cc1ccc(Cl)cc1C(O)C1CCOC2(CCCC2)C1. The number of benzene rings is 1. The third-order valence-electron chi connectivity index (χ3n) is 5.05. The maximum absolute atomic E-state index is 10.8. The number of halogens is 1. The Labute approximate surface area is 126 Å². The van der Waals surface area contributed by atoms with Gasteiger partial charge in [-0.15, -0.1) is 0 Å². The predicted molar refractivity (Wildman–Crippen MR) is 81.0 cm³/mol. The second kappa shape index (κ2) is 5.67. The molecule has 1 spiro atoms. The monoisotopic (exact) mass is 294 g/mol. The lowest BCUT2D eigenvalue weighted by Crippen LogP contribution is -2.39. The van der Waals surface area contributed by atoms with E-state index in [4.69, 9.17) is 16.3 Å². The summed E-state index contributed by atoms with van der Waals surface area (Å²) < 4.78 is 6.06. The average Bonchev–Trinajstić information content (AvgIpc) is 2.88. The van der Waals surface area contributed by atoms with Gasteiger partial charge in [0.05, 0.1) is 11.7 Å². The first-order valence-corrected chi connectivity index (χ1v) is 8.06. The Balaban J connectivity index is 1.79. The molecular weight excluding hydrogens is 272 g/mol. The van der Waals surface area contributed by atoms with Crippen LogP contribution >= 0.6 is 11.6 Å². The topological polar surface area (TPSA) is 29.5 Å². The molecule has 1 aromatic carbocycles. The van der Waals surface area contributed by atoms with E-state index in [0.29, 0.717) is 10.9 Å². The van der Waals surface area contributed by atoms with E-state index in [0.717, 1.165) is 43.4 Å². The number of aliphatic hydroxyl groups is 1. The zero-order valence-corrected chi connectivity index (χ0v) is 12.8. The molecule has 2 nitrogen and oxygen atoms in total. The van der Waals surface area contributed by atoms with Gasteiger partial charge in [0, 0.05) is 11.6 Å². The first-order valence-electron chi connectivity index (χ1n) is 7.68. The highest BCUT2D eigenvalue weighted by molar-refractivity contribution is 6.30. The minimum Gasteiger partial charge on any atom is -0.388 e. The number of aliphatic hydroxyl groups excluding tert-OH is 1. The normalized spacial score (nSPS) is 26.9. The summed E-state index contributed by atoms with van der Waals surface area (Å²) in [6, 6.07) is 5.79. The lowest BCUT2D eigenvalue weighted by Gasteiger charge is -2.40. The molecular formula is C17H23ClO2. The van der Waals surface area contributed by atoms with Crippen molar-refractivity contribution in [1.82, 2.24) is 0 Å². The van der Waals surface area contributed by atoms with Crippen molar-refractivity contribution in [3.05, 3.63) is 34.3 Å². The highest BCUT2D eigenvalue weighted by Crippen LogP contribution is 2.45. The largest absolute Gasteiger partial charge is 0.388 e. The van der Waals surface area contributed by atoms with E-state index in [1.807, 2.05) is 25.1 Å². The third kappa shape index (κ3) is 2.74. The van der Waals surface area contributed by atoms with Crippen LogP contribution in [0.25, 0.3) is 0 Å². The summed E-state index contributed by atoms with van der Waals surface area (Å²) in [6.07, 6.45) is 6.35. The van der Waals surface area contributed by atoms with Crippen LogP contribution in [-0.4, -0.2) is 17.3 Å². The second-order valence-corrected chi connectivity index (χ2v) is 6.87. The zero-order valence-electron chi connectivity index (χ0n) is 12.1. The molecule has 3 heteroatoms. The van der Waals surface area contributed by atoms with E-state index in [1.165, 1.54) is 12.8 Å². The summed E-state index contributed by atoms with van der Waals surface area (Å²) in [5, 5.41) is 11.5. The standard InChI is InChI=1S/C17H23ClO2/c1-12-4-5-14(18)10-15(12)16(19)13-6-9-20-17(11-13)7-2-3-8-17/h4-5,10,13,16,19H,2-3,6-9,11H2,1H3. The van der Waals surface area contributed by atoms with Crippen LogP contribution in [0.5, 0.6) is 0 Å². The van der Waals surface area contributed by atoms with Crippen molar-refractivity contribution in [2.45, 2.75) is 57.2 Å². The van der Waals surface area contributed by atoms with Crippen LogP contribution in [0.2, 0.25) is 5.02 Å². The maximum Gasteiger partial charge on any atom is 0.0823 e. The van der Waals surface area contributed by atoms with Crippen molar-refractivity contribution in [2.75, 3.05) is 6.61 Å². The molecule has 110 valence electrons. The number of rotatable bonds is 2. The molecule has 0 aromatic heterocycles. The first-order chi connectivity index (χ1) is 9.60. The molecule has 2 aliphatic rings. The fourth-order valence-corrected chi connectivity index (χ4v) is 4.07. The van der Waals surface area contributed by atoms with Crippen molar-refractivity contribution >= 4 is 11.6 Å². The van der Waals surface area contributed by atoms with E-state index in [-0.39, 0.29) is 5.60 Å². The van der Waals surface area contributed by atoms with E-state index >= 15 is 0 Å². The van der Waals surface area contributed by atoms with Gasteiger partial charge in [-0.05, 0) is 61.8 Å². The molecule has 1 N–H and O–H groups in total. The summed E-state index contributed by atoms with van der Waals surface area (Å²) in [4.78, 5) is 0. The fourth-order valence-electron chi connectivity index (χ4n) is 3.89. The van der Waals surface area contributed by atoms with Gasteiger partial charge in [-0.1, -0.05) is 30.5 Å². The molecule has 1 saturated carbocycles. The lowest BCUT2D eigenvalue weighted by atomic mass is 9.79. The highest BCUT2D eigenvalue weighted by atomic mass is 35.5. The van der Waals surface area contributed by atoms with Gasteiger partial charge in [0.15, 0.2) is 0 Å². The number of ether oxygens (including phenoxy) is 1. The summed E-state index contributed by atoms with van der Waals surface area (Å²) >= 11 is 6.08. The molecule has 1 heterocycles. The van der Waals surface area contributed by atoms with Gasteiger partial charge in [-0.3, -0.25) is 0 Å². The van der Waals surface area contributed by atoms with Gasteiger partial charge in [0.2, 0.25) is 0 Å². The van der Waals surface area contributed by atoms with Crippen LogP contribution < -0.4 is 0 Å². The minimum atomic E-state index is -0.421. The average molecular weight is 295 g/mol. The van der Waals surface area contributed by atoms with Gasteiger partial charge in [-0.25, -0.2) is 0 Å². The molecule has 0 amide bonds. The van der Waals surface area contributed by atoms with Crippen LogP contribution in [0.3, 0.4) is 0 Å². The summed E-state index contributed by atoms with van der Waals surface area (Å²) in [5.41, 5.74) is 2.16. The maximum atomic E-state index is 10.8. The fraction of sp³-hybridized carbons (Fsp3) is 0.647. The Morgan fingerprint density at radius 3 is 2.85 bits per heavy atom. The smallest absolute Gasteiger partial charge is 0.0823 e. The van der Waals surface area contributed by atoms with Crippen molar-refractivity contribution < 1.29 is 9.84 Å². The van der Waals surface area contributed by atoms with E-state index in [9.17, 15) is 5.11 Å².